The fraction of sp³-hybridized carbons (Fsp3) is 0.565. The molecule has 8 nitrogen and oxygen atoms in total. The van der Waals surface area contributed by atoms with Crippen molar-refractivity contribution in [2.45, 2.75) is 57.9 Å². The van der Waals surface area contributed by atoms with Crippen molar-refractivity contribution in [1.82, 2.24) is 25.0 Å². The van der Waals surface area contributed by atoms with Crippen molar-refractivity contribution < 1.29 is 27.9 Å². The molecule has 34 heavy (non-hydrogen) atoms. The maximum Gasteiger partial charge on any atom is 0.490 e. The minimum atomic E-state index is -5.08. The van der Waals surface area contributed by atoms with E-state index in [9.17, 15) is 18.0 Å². The zero-order valence-corrected chi connectivity index (χ0v) is 18.9. The van der Waals surface area contributed by atoms with Crippen molar-refractivity contribution in [3.8, 4) is 0 Å². The van der Waals surface area contributed by atoms with Crippen LogP contribution in [0, 0.1) is 11.8 Å². The van der Waals surface area contributed by atoms with E-state index in [0.717, 1.165) is 57.7 Å². The molecular weight excluding hydrogens is 451 g/mol. The molecule has 2 fully saturated rings. The van der Waals surface area contributed by atoms with Gasteiger partial charge in [0.15, 0.2) is 0 Å². The van der Waals surface area contributed by atoms with E-state index in [1.807, 2.05) is 0 Å². The van der Waals surface area contributed by atoms with E-state index in [1.54, 1.807) is 0 Å². The number of fused-ring (bicyclic) bond motifs is 2. The van der Waals surface area contributed by atoms with Crippen LogP contribution < -0.4 is 5.32 Å². The second-order valence-electron chi connectivity index (χ2n) is 9.19. The lowest BCUT2D eigenvalue weighted by molar-refractivity contribution is -0.192. The van der Waals surface area contributed by atoms with E-state index >= 15 is 0 Å². The lowest BCUT2D eigenvalue weighted by atomic mass is 9.89. The molecule has 1 saturated heterocycles. The molecule has 2 N–H and O–H groups in total. The van der Waals surface area contributed by atoms with Crippen LogP contribution in [-0.2, 0) is 30.7 Å². The van der Waals surface area contributed by atoms with E-state index in [2.05, 4.69) is 56.2 Å². The molecule has 0 spiro atoms. The minimum Gasteiger partial charge on any atom is -0.475 e. The van der Waals surface area contributed by atoms with Crippen molar-refractivity contribution in [2.75, 3.05) is 13.1 Å². The molecule has 1 amide bonds. The Hall–Kier alpha value is -2.95. The number of nitrogens with one attached hydrogen (secondary N) is 1. The summed E-state index contributed by atoms with van der Waals surface area (Å²) in [6, 6.07) is 9.35. The number of aliphatic carboxylic acids is 1. The van der Waals surface area contributed by atoms with Gasteiger partial charge < -0.3 is 15.0 Å². The number of carboxylic acids is 1. The third-order valence-electron chi connectivity index (χ3n) is 6.54. The van der Waals surface area contributed by atoms with Gasteiger partial charge in [-0.2, -0.15) is 13.2 Å². The van der Waals surface area contributed by atoms with Crippen LogP contribution in [0.15, 0.2) is 24.3 Å². The number of aryl methyl sites for hydroxylation is 1. The van der Waals surface area contributed by atoms with Crippen molar-refractivity contribution in [3.05, 3.63) is 47.0 Å². The Balaban J connectivity index is 0.000000344. The van der Waals surface area contributed by atoms with Crippen molar-refractivity contribution in [1.29, 1.82) is 0 Å². The van der Waals surface area contributed by atoms with Crippen LogP contribution in [0.1, 0.15) is 47.3 Å². The van der Waals surface area contributed by atoms with Gasteiger partial charge in [0.25, 0.3) is 5.91 Å². The summed E-state index contributed by atoms with van der Waals surface area (Å²) in [4.78, 5) is 23.9. The van der Waals surface area contributed by atoms with Gasteiger partial charge in [-0.3, -0.25) is 9.69 Å². The molecule has 1 aliphatic carbocycles. The molecule has 2 aliphatic heterocycles. The van der Waals surface area contributed by atoms with E-state index < -0.39 is 12.1 Å². The highest BCUT2D eigenvalue weighted by atomic mass is 19.4. The van der Waals surface area contributed by atoms with Crippen LogP contribution in [0.2, 0.25) is 0 Å². The number of hydrogen-bond donors (Lipinski definition) is 2. The number of benzene rings is 1. The van der Waals surface area contributed by atoms with Crippen LogP contribution in [0.25, 0.3) is 0 Å². The molecule has 184 valence electrons. The van der Waals surface area contributed by atoms with E-state index in [-0.39, 0.29) is 5.91 Å². The van der Waals surface area contributed by atoms with E-state index in [4.69, 9.17) is 9.90 Å². The molecular formula is C23H28F3N5O3. The minimum absolute atomic E-state index is 0.0550. The topological polar surface area (TPSA) is 100 Å². The van der Waals surface area contributed by atoms with Crippen molar-refractivity contribution >= 4 is 11.9 Å². The predicted molar refractivity (Wildman–Crippen MR) is 116 cm³/mol. The molecule has 0 bridgehead atoms. The van der Waals surface area contributed by atoms with Crippen molar-refractivity contribution in [2.24, 2.45) is 11.8 Å². The molecule has 2 unspecified atom stereocenters. The largest absolute Gasteiger partial charge is 0.490 e. The van der Waals surface area contributed by atoms with Gasteiger partial charge in [-0.15, -0.1) is 10.2 Å². The Morgan fingerprint density at radius 2 is 1.68 bits per heavy atom. The number of rotatable bonds is 5. The third kappa shape index (κ3) is 5.75. The van der Waals surface area contributed by atoms with Crippen LogP contribution in [0.3, 0.4) is 0 Å². The van der Waals surface area contributed by atoms with Gasteiger partial charge in [-0.05, 0) is 42.2 Å². The van der Waals surface area contributed by atoms with E-state index in [0.29, 0.717) is 23.7 Å². The van der Waals surface area contributed by atoms with Crippen LogP contribution in [-0.4, -0.2) is 62.0 Å². The normalized spacial score (nSPS) is 21.8. The number of carboxylic acid groups (broad SMARTS) is 1. The van der Waals surface area contributed by atoms with Gasteiger partial charge in [0, 0.05) is 38.6 Å². The van der Waals surface area contributed by atoms with Gasteiger partial charge in [0.05, 0.1) is 0 Å². The Kier molecular flexibility index (Phi) is 6.92. The molecule has 1 saturated carbocycles. The molecule has 2 aromatic rings. The summed E-state index contributed by atoms with van der Waals surface area (Å²) in [5.41, 5.74) is 2.78. The van der Waals surface area contributed by atoms with Gasteiger partial charge in [0.1, 0.15) is 5.82 Å². The molecule has 2 atom stereocenters. The number of amides is 1. The first-order chi connectivity index (χ1) is 16.1. The first-order valence-corrected chi connectivity index (χ1v) is 11.5. The molecule has 5 rings (SSSR count). The number of halogens is 3. The summed E-state index contributed by atoms with van der Waals surface area (Å²) < 4.78 is 33.8. The number of likely N-dealkylation sites (tertiary alicyclic amines) is 1. The lowest BCUT2D eigenvalue weighted by Crippen LogP contribution is -2.33. The molecule has 3 heterocycles. The second kappa shape index (κ2) is 9.73. The monoisotopic (exact) mass is 479 g/mol. The fourth-order valence-corrected chi connectivity index (χ4v) is 4.53. The predicted octanol–water partition coefficient (Wildman–Crippen LogP) is 2.67. The zero-order chi connectivity index (χ0) is 24.5. The molecule has 1 aromatic heterocycles. The van der Waals surface area contributed by atoms with Crippen LogP contribution in [0.5, 0.6) is 0 Å². The fourth-order valence-electron chi connectivity index (χ4n) is 4.53. The zero-order valence-electron chi connectivity index (χ0n) is 18.9. The second-order valence-corrected chi connectivity index (χ2v) is 9.19. The Labute approximate surface area is 195 Å². The molecule has 3 aliphatic rings. The average Bonchev–Trinajstić information content (AvgIpc) is 3.36. The Morgan fingerprint density at radius 1 is 1.06 bits per heavy atom. The summed E-state index contributed by atoms with van der Waals surface area (Å²) in [6.45, 7) is 6.26. The smallest absolute Gasteiger partial charge is 0.475 e. The number of alkyl halides is 3. The number of carbonyl (C=O) groups excluding carboxylic acids is 1. The van der Waals surface area contributed by atoms with Gasteiger partial charge >= 0.3 is 12.1 Å². The highest BCUT2D eigenvalue weighted by molar-refractivity contribution is 5.91. The number of nitrogens with zero attached hydrogens (tertiary/aromatic N) is 4. The summed E-state index contributed by atoms with van der Waals surface area (Å²) in [6.07, 6.45) is -0.888. The lowest BCUT2D eigenvalue weighted by Gasteiger charge is -2.25. The van der Waals surface area contributed by atoms with Gasteiger partial charge in [0.2, 0.25) is 5.82 Å². The van der Waals surface area contributed by atoms with Crippen LogP contribution in [0.4, 0.5) is 13.2 Å². The Bertz CT molecular complexity index is 1030. The van der Waals surface area contributed by atoms with E-state index in [1.165, 1.54) is 11.1 Å². The standard InChI is InChI=1S/C21H27N5O.C2HF3O2/c1-2-14-3-5-15(6-4-14)10-25-11-16-9-19-23-24-20(21(27)22-18-7-8-18)26(19)13-17(16)12-25;3-2(4,5)1(6)7/h3-6,16-18H,2,7-13H2,1H3,(H,22,27);(H,6,7). The number of aromatic nitrogens is 3. The summed E-state index contributed by atoms with van der Waals surface area (Å²) in [5.74, 6) is -0.129. The highest BCUT2D eigenvalue weighted by Gasteiger charge is 2.40. The van der Waals surface area contributed by atoms with Gasteiger partial charge in [-0.1, -0.05) is 31.2 Å². The average molecular weight is 480 g/mol. The number of carbonyl (C=O) groups is 2. The quantitative estimate of drug-likeness (QED) is 0.684. The number of hydrogen-bond acceptors (Lipinski definition) is 5. The van der Waals surface area contributed by atoms with Crippen LogP contribution >= 0.6 is 0 Å². The molecule has 0 radical (unpaired) electrons. The first-order valence-electron chi connectivity index (χ1n) is 11.5. The SMILES string of the molecule is CCc1ccc(CN2CC3Cc4nnc(C(=O)NC5CC5)n4CC3C2)cc1.O=C(O)C(F)(F)F. The van der Waals surface area contributed by atoms with Gasteiger partial charge in [-0.25, -0.2) is 4.79 Å². The van der Waals surface area contributed by atoms with Crippen molar-refractivity contribution in [3.63, 3.8) is 0 Å². The third-order valence-corrected chi connectivity index (χ3v) is 6.54. The maximum absolute atomic E-state index is 12.4. The highest BCUT2D eigenvalue weighted by Crippen LogP contribution is 2.33. The molecule has 11 heteroatoms. The summed E-state index contributed by atoms with van der Waals surface area (Å²) >= 11 is 0. The molecule has 1 aromatic carbocycles. The maximum atomic E-state index is 12.4. The Morgan fingerprint density at radius 3 is 2.26 bits per heavy atom. The summed E-state index contributed by atoms with van der Waals surface area (Å²) in [7, 11) is 0. The summed E-state index contributed by atoms with van der Waals surface area (Å²) in [5, 5.41) is 18.7. The first kappa shape index (κ1) is 24.2.